The van der Waals surface area contributed by atoms with Gasteiger partial charge < -0.3 is 9.32 Å². The third-order valence-electron chi connectivity index (χ3n) is 12.8. The van der Waals surface area contributed by atoms with Crippen molar-refractivity contribution in [2.45, 2.75) is 57.8 Å². The predicted molar refractivity (Wildman–Crippen MR) is 215 cm³/mol. The van der Waals surface area contributed by atoms with Crippen molar-refractivity contribution in [2.75, 3.05) is 4.90 Å². The molecule has 0 fully saturated rings. The van der Waals surface area contributed by atoms with Gasteiger partial charge in [0.05, 0.1) is 0 Å². The molecule has 0 amide bonds. The molecule has 0 bridgehead atoms. The Hall–Kier alpha value is -5.60. The fourth-order valence-corrected chi connectivity index (χ4v) is 9.21. The standard InChI is InChI=1S/C49H41NO/c1-47(2)42-26-31-14-8-7-13-30(31)25-40(42)37-23-20-32(27-43(37)47)50(34-21-24-39-38-16-10-12-18-45(38)51-46(39)29-34)33-19-22-36-35-15-9-11-17-41(35)48(3,4)49(5,6)44(36)28-33/h7-29H,1-6H3. The van der Waals surface area contributed by atoms with E-state index in [0.29, 0.717) is 0 Å². The molecule has 1 aromatic heterocycles. The molecule has 248 valence electrons. The van der Waals surface area contributed by atoms with Crippen LogP contribution in [0.2, 0.25) is 0 Å². The van der Waals surface area contributed by atoms with Gasteiger partial charge >= 0.3 is 0 Å². The summed E-state index contributed by atoms with van der Waals surface area (Å²) in [6.45, 7) is 14.4. The lowest BCUT2D eigenvalue weighted by atomic mass is 9.55. The molecule has 1 heterocycles. The summed E-state index contributed by atoms with van der Waals surface area (Å²) in [5, 5.41) is 4.86. The summed E-state index contributed by atoms with van der Waals surface area (Å²) >= 11 is 0. The Kier molecular flexibility index (Phi) is 6.07. The van der Waals surface area contributed by atoms with Crippen molar-refractivity contribution in [3.05, 3.63) is 162 Å². The van der Waals surface area contributed by atoms with Crippen LogP contribution in [0.3, 0.4) is 0 Å². The van der Waals surface area contributed by atoms with E-state index in [1.54, 1.807) is 0 Å². The summed E-state index contributed by atoms with van der Waals surface area (Å²) in [4.78, 5) is 2.44. The van der Waals surface area contributed by atoms with E-state index >= 15 is 0 Å². The molecule has 8 aromatic rings. The molecule has 2 aliphatic carbocycles. The largest absolute Gasteiger partial charge is 0.456 e. The highest BCUT2D eigenvalue weighted by atomic mass is 16.3. The maximum atomic E-state index is 6.47. The van der Waals surface area contributed by atoms with E-state index < -0.39 is 0 Å². The molecule has 51 heavy (non-hydrogen) atoms. The lowest BCUT2D eigenvalue weighted by Crippen LogP contribution is -2.43. The van der Waals surface area contributed by atoms with E-state index in [-0.39, 0.29) is 16.2 Å². The highest BCUT2D eigenvalue weighted by Gasteiger charge is 2.46. The van der Waals surface area contributed by atoms with Crippen molar-refractivity contribution < 1.29 is 4.42 Å². The van der Waals surface area contributed by atoms with E-state index in [1.165, 1.54) is 55.3 Å². The average Bonchev–Trinajstić information content (AvgIpc) is 3.61. The molecule has 7 aromatic carbocycles. The zero-order valence-corrected chi connectivity index (χ0v) is 30.1. The van der Waals surface area contributed by atoms with E-state index in [1.807, 2.05) is 6.07 Å². The predicted octanol–water partition coefficient (Wildman–Crippen LogP) is 13.8. The van der Waals surface area contributed by atoms with E-state index in [9.17, 15) is 0 Å². The Morgan fingerprint density at radius 2 is 0.922 bits per heavy atom. The van der Waals surface area contributed by atoms with Gasteiger partial charge in [-0.05, 0) is 121 Å². The number of anilines is 3. The highest BCUT2D eigenvalue weighted by Crippen LogP contribution is 2.56. The minimum atomic E-state index is -0.148. The van der Waals surface area contributed by atoms with Crippen molar-refractivity contribution in [1.29, 1.82) is 0 Å². The van der Waals surface area contributed by atoms with Crippen LogP contribution < -0.4 is 4.90 Å². The maximum absolute atomic E-state index is 6.47. The summed E-state index contributed by atoms with van der Waals surface area (Å²) < 4.78 is 6.47. The lowest BCUT2D eigenvalue weighted by molar-refractivity contribution is 0.299. The van der Waals surface area contributed by atoms with Crippen molar-refractivity contribution in [2.24, 2.45) is 0 Å². The molecule has 2 nitrogen and oxygen atoms in total. The molecule has 0 radical (unpaired) electrons. The van der Waals surface area contributed by atoms with Crippen LogP contribution >= 0.6 is 0 Å². The van der Waals surface area contributed by atoms with Crippen LogP contribution in [-0.4, -0.2) is 0 Å². The van der Waals surface area contributed by atoms with E-state index in [2.05, 4.69) is 180 Å². The Morgan fingerprint density at radius 1 is 0.392 bits per heavy atom. The van der Waals surface area contributed by atoms with Crippen molar-refractivity contribution >= 4 is 49.8 Å². The van der Waals surface area contributed by atoms with Crippen molar-refractivity contribution in [3.63, 3.8) is 0 Å². The number of rotatable bonds is 3. The molecular formula is C49H41NO. The average molecular weight is 660 g/mol. The molecule has 10 rings (SSSR count). The third-order valence-corrected chi connectivity index (χ3v) is 12.8. The first-order valence-electron chi connectivity index (χ1n) is 18.2. The minimum absolute atomic E-state index is 0.0554. The molecule has 0 saturated carbocycles. The molecule has 0 atom stereocenters. The fraction of sp³-hybridized carbons (Fsp3) is 0.184. The number of hydrogen-bond donors (Lipinski definition) is 0. The van der Waals surface area contributed by atoms with E-state index in [4.69, 9.17) is 4.42 Å². The number of fused-ring (bicyclic) bond motifs is 10. The van der Waals surface area contributed by atoms with Gasteiger partial charge in [0.1, 0.15) is 11.2 Å². The molecule has 0 saturated heterocycles. The van der Waals surface area contributed by atoms with Gasteiger partial charge in [-0.1, -0.05) is 120 Å². The van der Waals surface area contributed by atoms with Crippen LogP contribution in [0.5, 0.6) is 0 Å². The van der Waals surface area contributed by atoms with Gasteiger partial charge in [0, 0.05) is 39.3 Å². The Labute approximate surface area is 300 Å². The zero-order chi connectivity index (χ0) is 34.9. The van der Waals surface area contributed by atoms with Gasteiger partial charge in [0.15, 0.2) is 0 Å². The molecule has 0 unspecified atom stereocenters. The van der Waals surface area contributed by atoms with Gasteiger partial charge in [-0.25, -0.2) is 0 Å². The molecule has 2 heteroatoms. The lowest BCUT2D eigenvalue weighted by Gasteiger charge is -2.48. The Balaban J connectivity index is 1.20. The molecule has 0 N–H and O–H groups in total. The van der Waals surface area contributed by atoms with Gasteiger partial charge in [-0.2, -0.15) is 0 Å². The quantitative estimate of drug-likeness (QED) is 0.188. The maximum Gasteiger partial charge on any atom is 0.137 e. The van der Waals surface area contributed by atoms with Crippen molar-refractivity contribution in [3.8, 4) is 22.3 Å². The van der Waals surface area contributed by atoms with Crippen LogP contribution in [-0.2, 0) is 16.2 Å². The van der Waals surface area contributed by atoms with E-state index in [0.717, 1.165) is 39.0 Å². The topological polar surface area (TPSA) is 16.4 Å². The second-order valence-corrected chi connectivity index (χ2v) is 16.2. The second-order valence-electron chi connectivity index (χ2n) is 16.2. The SMILES string of the molecule is CC1(C)c2cc(N(c3ccc4c(c3)C(C)(C)C(C)(C)c3ccccc3-4)c3ccc4c(c3)oc3ccccc34)ccc2-c2cc3ccccc3cc21. The van der Waals surface area contributed by atoms with Crippen LogP contribution in [0, 0.1) is 0 Å². The Bertz CT molecular complexity index is 2740. The monoisotopic (exact) mass is 659 g/mol. The molecule has 0 aliphatic heterocycles. The number of furan rings is 1. The first kappa shape index (κ1) is 30.2. The summed E-state index contributed by atoms with van der Waals surface area (Å²) in [7, 11) is 0. The molecule has 0 spiro atoms. The molecular weight excluding hydrogens is 619 g/mol. The first-order valence-corrected chi connectivity index (χ1v) is 18.2. The zero-order valence-electron chi connectivity index (χ0n) is 30.1. The van der Waals surface area contributed by atoms with Gasteiger partial charge in [0.2, 0.25) is 0 Å². The second kappa shape index (κ2) is 10.2. The first-order chi connectivity index (χ1) is 24.5. The van der Waals surface area contributed by atoms with Crippen LogP contribution in [0.4, 0.5) is 17.1 Å². The summed E-state index contributed by atoms with van der Waals surface area (Å²) in [6, 6.07) is 51.7. The smallest absolute Gasteiger partial charge is 0.137 e. The minimum Gasteiger partial charge on any atom is -0.456 e. The number of hydrogen-bond acceptors (Lipinski definition) is 2. The van der Waals surface area contributed by atoms with Gasteiger partial charge in [-0.3, -0.25) is 0 Å². The number of nitrogens with zero attached hydrogens (tertiary/aromatic N) is 1. The van der Waals surface area contributed by atoms with Crippen LogP contribution in [0.1, 0.15) is 63.8 Å². The Morgan fingerprint density at radius 3 is 1.71 bits per heavy atom. The van der Waals surface area contributed by atoms with Gasteiger partial charge in [0.25, 0.3) is 0 Å². The van der Waals surface area contributed by atoms with Gasteiger partial charge in [-0.15, -0.1) is 0 Å². The number of benzene rings is 7. The van der Waals surface area contributed by atoms with Crippen LogP contribution in [0.15, 0.2) is 144 Å². The summed E-state index contributed by atoms with van der Waals surface area (Å²) in [5.41, 5.74) is 15.7. The highest BCUT2D eigenvalue weighted by molar-refractivity contribution is 6.06. The fourth-order valence-electron chi connectivity index (χ4n) is 9.21. The van der Waals surface area contributed by atoms with Crippen molar-refractivity contribution in [1.82, 2.24) is 0 Å². The third kappa shape index (κ3) is 4.11. The summed E-state index contributed by atoms with van der Waals surface area (Å²) in [5.74, 6) is 0. The number of para-hydroxylation sites is 1. The normalized spacial score (nSPS) is 16.1. The molecule has 2 aliphatic rings. The van der Waals surface area contributed by atoms with Crippen LogP contribution in [0.25, 0.3) is 55.0 Å². The summed E-state index contributed by atoms with van der Waals surface area (Å²) in [6.07, 6.45) is 0.